The summed E-state index contributed by atoms with van der Waals surface area (Å²) in [6.45, 7) is 33.8. The van der Waals surface area contributed by atoms with Crippen LogP contribution in [0.1, 0.15) is 256 Å². The molecule has 1 N–H and O–H groups in total. The van der Waals surface area contributed by atoms with Crippen molar-refractivity contribution in [1.82, 2.24) is 9.80 Å². The van der Waals surface area contributed by atoms with Gasteiger partial charge >= 0.3 is 11.9 Å². The summed E-state index contributed by atoms with van der Waals surface area (Å²) in [5.74, 6) is 4.66. The smallest absolute Gasteiger partial charge is 0.306 e. The number of hydrogen-bond donors (Lipinski definition) is 1. The number of rotatable bonds is 46. The van der Waals surface area contributed by atoms with Crippen molar-refractivity contribution in [1.29, 1.82) is 0 Å². The summed E-state index contributed by atoms with van der Waals surface area (Å²) in [5, 5.41) is 10.0. The zero-order valence-corrected chi connectivity index (χ0v) is 50.3. The Kier molecular flexibility index (Phi) is 42.3. The average Bonchev–Trinajstić information content (AvgIpc) is 3.32. The third-order valence-corrected chi connectivity index (χ3v) is 14.9. The van der Waals surface area contributed by atoms with Crippen LogP contribution in [-0.4, -0.2) is 84.4 Å². The second-order valence-corrected chi connectivity index (χ2v) is 25.0. The molecular formula is C66H122N2O5. The van der Waals surface area contributed by atoms with Gasteiger partial charge in [-0.3, -0.25) is 9.59 Å². The number of piperidine rings is 1. The lowest BCUT2D eigenvalue weighted by molar-refractivity contribution is -0.151. The summed E-state index contributed by atoms with van der Waals surface area (Å²) >= 11 is 0. The number of nitrogens with zero attached hydrogens (tertiary/aromatic N) is 2. The van der Waals surface area contributed by atoms with Crippen molar-refractivity contribution in [2.24, 2.45) is 47.3 Å². The fraction of sp³-hybridized carbons (Fsp3) is 0.848. The molecule has 0 aromatic rings. The third kappa shape index (κ3) is 43.6. The van der Waals surface area contributed by atoms with Crippen LogP contribution in [0.15, 0.2) is 48.6 Å². The maximum Gasteiger partial charge on any atom is 0.306 e. The van der Waals surface area contributed by atoms with Gasteiger partial charge in [-0.15, -0.1) is 0 Å². The molecule has 4 unspecified atom stereocenters. The first kappa shape index (κ1) is 68.8. The molecule has 1 saturated heterocycles. The number of carbonyl (C=O) groups excluding carboxylic acids is 2. The first-order valence-corrected chi connectivity index (χ1v) is 31.1. The Bertz CT molecular complexity index is 1270. The van der Waals surface area contributed by atoms with Crippen molar-refractivity contribution in [2.75, 3.05) is 39.3 Å². The van der Waals surface area contributed by atoms with Gasteiger partial charge < -0.3 is 24.4 Å². The Labute approximate surface area is 454 Å². The molecule has 73 heavy (non-hydrogen) atoms. The lowest BCUT2D eigenvalue weighted by Crippen LogP contribution is -2.38. The highest BCUT2D eigenvalue weighted by molar-refractivity contribution is 5.69. The number of aliphatic hydroxyl groups is 1. The molecule has 0 spiro atoms. The Morgan fingerprint density at radius 3 is 1.08 bits per heavy atom. The Balaban J connectivity index is 2.59. The highest BCUT2D eigenvalue weighted by atomic mass is 16.5. The fourth-order valence-corrected chi connectivity index (χ4v) is 9.79. The minimum Gasteiger partial charge on any atom is -0.462 e. The highest BCUT2D eigenvalue weighted by Gasteiger charge is 2.20. The molecule has 1 heterocycles. The number of allylic oxidation sites excluding steroid dienone is 8. The molecule has 1 rings (SSSR count). The molecule has 0 amide bonds. The summed E-state index contributed by atoms with van der Waals surface area (Å²) in [6, 6.07) is 0. The van der Waals surface area contributed by atoms with Gasteiger partial charge in [-0.25, -0.2) is 0 Å². The first-order valence-electron chi connectivity index (χ1n) is 31.1. The van der Waals surface area contributed by atoms with Crippen LogP contribution in [0.5, 0.6) is 0 Å². The third-order valence-electron chi connectivity index (χ3n) is 14.9. The highest BCUT2D eigenvalue weighted by Crippen LogP contribution is 2.23. The van der Waals surface area contributed by atoms with Crippen molar-refractivity contribution in [3.8, 4) is 0 Å². The molecule has 1 aliphatic heterocycles. The molecule has 0 saturated carbocycles. The van der Waals surface area contributed by atoms with E-state index < -0.39 is 0 Å². The Hall–Kier alpha value is -2.22. The van der Waals surface area contributed by atoms with Gasteiger partial charge in [0.25, 0.3) is 0 Å². The van der Waals surface area contributed by atoms with E-state index in [1.165, 1.54) is 32.1 Å². The van der Waals surface area contributed by atoms with Gasteiger partial charge in [0.05, 0.1) is 6.10 Å². The topological polar surface area (TPSA) is 79.3 Å². The number of esters is 2. The van der Waals surface area contributed by atoms with E-state index in [1.807, 2.05) is 0 Å². The summed E-state index contributed by atoms with van der Waals surface area (Å²) in [4.78, 5) is 31.5. The first-order chi connectivity index (χ1) is 34.9. The van der Waals surface area contributed by atoms with Crippen molar-refractivity contribution >= 4 is 11.9 Å². The molecule has 0 aromatic heterocycles. The SMILES string of the molecule is CC(C)C/C=C/C(C)CCC(CCC(C)/C=C/CC(C)C)OC(=O)CCCCCCCN(CCCCCCCC(=O)OC(CCC(C)/C=C/CC(C)C)CCC(C)/C=C/CC(C)C)CCCN1CCC(O)CC1. The van der Waals surface area contributed by atoms with Crippen LogP contribution in [0.4, 0.5) is 0 Å². The van der Waals surface area contributed by atoms with E-state index in [0.29, 0.717) is 60.2 Å². The molecule has 7 nitrogen and oxygen atoms in total. The number of likely N-dealkylation sites (tertiary alicyclic amines) is 1. The maximum absolute atomic E-state index is 13.2. The number of ether oxygens (including phenoxy) is 2. The van der Waals surface area contributed by atoms with Crippen molar-refractivity contribution in [2.45, 2.75) is 275 Å². The Morgan fingerprint density at radius 1 is 0.452 bits per heavy atom. The molecule has 0 bridgehead atoms. The standard InChI is InChI=1S/C66H122N2O5/c1-54(2)28-23-32-58(9)38-42-63(43-39-59(10)33-24-29-55(3)4)72-65(70)36-19-15-13-17-21-48-67(50-27-51-68-52-46-62(69)47-53-68)49-22-18-14-16-20-37-66(71)73-64(44-40-60(11)34-25-30-56(5)6)45-41-61(12)35-26-31-57(7)8/h23-26,32-35,54-64,69H,13-22,27-31,36-53H2,1-12H3/b32-23+,33-24+,34-25+,35-26+. The van der Waals surface area contributed by atoms with Gasteiger partial charge in [-0.1, -0.05) is 170 Å². The van der Waals surface area contributed by atoms with E-state index in [4.69, 9.17) is 9.47 Å². The van der Waals surface area contributed by atoms with Crippen LogP contribution in [0.3, 0.4) is 0 Å². The maximum atomic E-state index is 13.2. The summed E-state index contributed by atoms with van der Waals surface area (Å²) in [7, 11) is 0. The van der Waals surface area contributed by atoms with Gasteiger partial charge in [-0.2, -0.15) is 0 Å². The van der Waals surface area contributed by atoms with Gasteiger partial charge in [0.1, 0.15) is 12.2 Å². The average molecular weight is 1020 g/mol. The lowest BCUT2D eigenvalue weighted by Gasteiger charge is -2.30. The van der Waals surface area contributed by atoms with Crippen LogP contribution in [0.25, 0.3) is 0 Å². The van der Waals surface area contributed by atoms with Crippen LogP contribution in [0.2, 0.25) is 0 Å². The van der Waals surface area contributed by atoms with Crippen LogP contribution >= 0.6 is 0 Å². The largest absolute Gasteiger partial charge is 0.462 e. The van der Waals surface area contributed by atoms with E-state index in [0.717, 1.165) is 168 Å². The molecule has 426 valence electrons. The Morgan fingerprint density at radius 2 is 0.753 bits per heavy atom. The zero-order chi connectivity index (χ0) is 54.1. The molecule has 0 aromatic carbocycles. The number of hydrogen-bond acceptors (Lipinski definition) is 7. The summed E-state index contributed by atoms with van der Waals surface area (Å²) in [6.07, 6.45) is 46.1. The number of aliphatic hydroxyl groups excluding tert-OH is 1. The normalized spacial score (nSPS) is 16.9. The summed E-state index contributed by atoms with van der Waals surface area (Å²) in [5.41, 5.74) is 0. The fourth-order valence-electron chi connectivity index (χ4n) is 9.79. The van der Waals surface area contributed by atoms with Crippen molar-refractivity contribution < 1.29 is 24.2 Å². The molecule has 1 aliphatic rings. The molecule has 4 atom stereocenters. The number of carbonyl (C=O) groups is 2. The second-order valence-electron chi connectivity index (χ2n) is 25.0. The van der Waals surface area contributed by atoms with Crippen LogP contribution < -0.4 is 0 Å². The lowest BCUT2D eigenvalue weighted by atomic mass is 9.95. The van der Waals surface area contributed by atoms with Crippen molar-refractivity contribution in [3.05, 3.63) is 48.6 Å². The van der Waals surface area contributed by atoms with E-state index >= 15 is 0 Å². The van der Waals surface area contributed by atoms with Crippen molar-refractivity contribution in [3.63, 3.8) is 0 Å². The van der Waals surface area contributed by atoms with Crippen LogP contribution in [-0.2, 0) is 19.1 Å². The predicted molar refractivity (Wildman–Crippen MR) is 316 cm³/mol. The van der Waals surface area contributed by atoms with E-state index in [-0.39, 0.29) is 30.3 Å². The summed E-state index contributed by atoms with van der Waals surface area (Å²) < 4.78 is 12.4. The predicted octanol–water partition coefficient (Wildman–Crippen LogP) is 17.7. The molecule has 1 fully saturated rings. The van der Waals surface area contributed by atoms with Gasteiger partial charge in [-0.05, 0) is 196 Å². The van der Waals surface area contributed by atoms with E-state index in [2.05, 4.69) is 141 Å². The van der Waals surface area contributed by atoms with Gasteiger partial charge in [0.15, 0.2) is 0 Å². The minimum absolute atomic E-state index is 0.00120. The quantitative estimate of drug-likeness (QED) is 0.0370. The molecular weight excluding hydrogens is 901 g/mol. The van der Waals surface area contributed by atoms with E-state index in [1.54, 1.807) is 0 Å². The molecule has 0 aliphatic carbocycles. The van der Waals surface area contributed by atoms with Crippen LogP contribution in [0, 0.1) is 47.3 Å². The van der Waals surface area contributed by atoms with Gasteiger partial charge in [0.2, 0.25) is 0 Å². The minimum atomic E-state index is -0.124. The van der Waals surface area contributed by atoms with Gasteiger partial charge in [0, 0.05) is 25.9 Å². The molecule has 0 radical (unpaired) electrons. The second kappa shape index (κ2) is 44.9. The zero-order valence-electron chi connectivity index (χ0n) is 50.3. The number of unbranched alkanes of at least 4 members (excludes halogenated alkanes) is 8. The molecule has 7 heteroatoms. The monoisotopic (exact) mass is 1020 g/mol. The van der Waals surface area contributed by atoms with E-state index in [9.17, 15) is 14.7 Å².